The summed E-state index contributed by atoms with van der Waals surface area (Å²) in [6, 6.07) is 7.07. The highest BCUT2D eigenvalue weighted by Gasteiger charge is 2.54. The average molecular weight is 515 g/mol. The number of ether oxygens (including phenoxy) is 1. The highest BCUT2D eigenvalue weighted by atomic mass is 35.5. The Kier molecular flexibility index (Phi) is 5.73. The lowest BCUT2D eigenvalue weighted by Crippen LogP contribution is -2.18. The van der Waals surface area contributed by atoms with Crippen LogP contribution in [0.25, 0.3) is 9.66 Å². The summed E-state index contributed by atoms with van der Waals surface area (Å²) in [4.78, 5) is 34.0. The van der Waals surface area contributed by atoms with Crippen LogP contribution in [0.1, 0.15) is 39.9 Å². The van der Waals surface area contributed by atoms with Gasteiger partial charge >= 0.3 is 12.1 Å². The summed E-state index contributed by atoms with van der Waals surface area (Å²) in [5, 5.41) is 17.5. The molecule has 0 spiro atoms. The van der Waals surface area contributed by atoms with Crippen molar-refractivity contribution < 1.29 is 24.0 Å². The molecule has 34 heavy (non-hydrogen) atoms. The Morgan fingerprint density at radius 2 is 2.00 bits per heavy atom. The molecule has 0 bridgehead atoms. The van der Waals surface area contributed by atoms with Gasteiger partial charge in [0.15, 0.2) is 14.7 Å². The molecule has 1 aromatic carbocycles. The Balaban J connectivity index is 1.29. The number of carbonyl (C=O) groups excluding carboxylic acids is 1. The number of benzene rings is 1. The van der Waals surface area contributed by atoms with Gasteiger partial charge in [-0.25, -0.2) is 14.8 Å². The molecule has 1 aliphatic rings. The molecule has 0 saturated heterocycles. The molecule has 172 valence electrons. The number of carboxylic acids is 1. The number of hydrogen-bond donors (Lipinski definition) is 2. The number of nitrogens with one attached hydrogen (secondary N) is 1. The third-order valence-corrected chi connectivity index (χ3v) is 7.75. The lowest BCUT2D eigenvalue weighted by Gasteiger charge is -2.07. The van der Waals surface area contributed by atoms with Crippen LogP contribution in [0.3, 0.4) is 0 Å². The van der Waals surface area contributed by atoms with Crippen LogP contribution in [-0.4, -0.2) is 32.3 Å². The summed E-state index contributed by atoms with van der Waals surface area (Å²) in [5.41, 5.74) is 0.564. The van der Waals surface area contributed by atoms with Gasteiger partial charge in [-0.3, -0.25) is 10.1 Å². The molecule has 1 aliphatic carbocycles. The Morgan fingerprint density at radius 3 is 2.71 bits per heavy atom. The quantitative estimate of drug-likeness (QED) is 0.357. The summed E-state index contributed by atoms with van der Waals surface area (Å²) in [6.07, 6.45) is 0.488. The Bertz CT molecular complexity index is 1460. The number of anilines is 1. The summed E-state index contributed by atoms with van der Waals surface area (Å²) >= 11 is 8.62. The summed E-state index contributed by atoms with van der Waals surface area (Å²) in [7, 11) is 0. The molecule has 2 N–H and O–H groups in total. The Labute approximate surface area is 205 Å². The van der Waals surface area contributed by atoms with Crippen molar-refractivity contribution in [3.8, 4) is 11.8 Å². The van der Waals surface area contributed by atoms with Crippen LogP contribution in [-0.2, 0) is 21.6 Å². The molecular weight excluding hydrogens is 500 g/mol. The lowest BCUT2D eigenvalue weighted by molar-refractivity contribution is -0.140. The number of aliphatic carboxylic acids is 1. The van der Waals surface area contributed by atoms with E-state index in [0.717, 1.165) is 0 Å². The molecule has 0 aliphatic heterocycles. The first kappa shape index (κ1) is 22.3. The number of amides is 1. The predicted molar refractivity (Wildman–Crippen MR) is 126 cm³/mol. The van der Waals surface area contributed by atoms with Gasteiger partial charge in [0.05, 0.1) is 0 Å². The van der Waals surface area contributed by atoms with Gasteiger partial charge in [-0.15, -0.1) is 0 Å². The minimum Gasteiger partial charge on any atom is -0.481 e. The number of halogens is 1. The largest absolute Gasteiger partial charge is 0.481 e. The van der Waals surface area contributed by atoms with Crippen molar-refractivity contribution in [2.24, 2.45) is 0 Å². The van der Waals surface area contributed by atoms with Crippen LogP contribution in [0.2, 0.25) is 5.02 Å². The molecule has 3 aromatic heterocycles. The van der Waals surface area contributed by atoms with Crippen molar-refractivity contribution in [1.82, 2.24) is 15.1 Å². The van der Waals surface area contributed by atoms with E-state index < -0.39 is 17.5 Å². The molecule has 12 heteroatoms. The normalized spacial score (nSPS) is 13.8. The zero-order valence-corrected chi connectivity index (χ0v) is 19.9. The zero-order chi connectivity index (χ0) is 23.9. The van der Waals surface area contributed by atoms with Crippen LogP contribution < -0.4 is 5.32 Å². The fourth-order valence-electron chi connectivity index (χ4n) is 3.15. The van der Waals surface area contributed by atoms with E-state index in [0.29, 0.717) is 54.5 Å². The molecule has 4 aromatic rings. The molecule has 3 heterocycles. The molecule has 9 nitrogen and oxygen atoms in total. The van der Waals surface area contributed by atoms with Crippen LogP contribution >= 0.6 is 34.3 Å². The summed E-state index contributed by atoms with van der Waals surface area (Å²) < 4.78 is 10.5. The molecule has 5 rings (SSSR count). The number of fused-ring (bicyclic) bond motifs is 1. The van der Waals surface area contributed by atoms with E-state index in [2.05, 4.69) is 32.3 Å². The van der Waals surface area contributed by atoms with E-state index in [-0.39, 0.29) is 12.4 Å². The second-order valence-corrected chi connectivity index (χ2v) is 9.91. The topological polar surface area (TPSA) is 127 Å². The van der Waals surface area contributed by atoms with Crippen molar-refractivity contribution in [3.63, 3.8) is 0 Å². The minimum atomic E-state index is -0.852. The first-order valence-corrected chi connectivity index (χ1v) is 12.0. The smallest absolute Gasteiger partial charge is 0.412 e. The van der Waals surface area contributed by atoms with Gasteiger partial charge in [0.25, 0.3) is 0 Å². The maximum absolute atomic E-state index is 12.3. The number of carbonyl (C=O) groups is 2. The van der Waals surface area contributed by atoms with Crippen LogP contribution in [0.4, 0.5) is 10.5 Å². The summed E-state index contributed by atoms with van der Waals surface area (Å²) in [5.74, 6) is 5.02. The number of rotatable bonds is 5. The Morgan fingerprint density at radius 1 is 1.24 bits per heavy atom. The van der Waals surface area contributed by atoms with E-state index in [1.54, 1.807) is 31.2 Å². The second-order valence-electron chi connectivity index (χ2n) is 7.55. The molecule has 0 radical (unpaired) electrons. The molecule has 1 fully saturated rings. The number of aromatic nitrogens is 3. The number of nitrogens with zero attached hydrogens (tertiary/aromatic N) is 3. The van der Waals surface area contributed by atoms with E-state index in [9.17, 15) is 14.7 Å². The van der Waals surface area contributed by atoms with E-state index in [4.69, 9.17) is 20.9 Å². The van der Waals surface area contributed by atoms with Crippen molar-refractivity contribution in [2.45, 2.75) is 31.8 Å². The van der Waals surface area contributed by atoms with Crippen LogP contribution in [0.15, 0.2) is 28.8 Å². The second kappa shape index (κ2) is 8.72. The minimum absolute atomic E-state index is 0.00481. The van der Waals surface area contributed by atoms with Crippen molar-refractivity contribution in [2.75, 3.05) is 5.32 Å². The molecular formula is C22H15ClN4O5S2. The predicted octanol–water partition coefficient (Wildman–Crippen LogP) is 4.97. The molecule has 0 unspecified atom stereocenters. The highest BCUT2D eigenvalue weighted by molar-refractivity contribution is 7.26. The van der Waals surface area contributed by atoms with E-state index in [1.165, 1.54) is 22.7 Å². The Hall–Kier alpha value is -3.46. The zero-order valence-electron chi connectivity index (χ0n) is 17.5. The number of aryl methyl sites for hydroxylation is 1. The van der Waals surface area contributed by atoms with E-state index >= 15 is 0 Å². The van der Waals surface area contributed by atoms with Crippen molar-refractivity contribution in [3.05, 3.63) is 56.3 Å². The van der Waals surface area contributed by atoms with Gasteiger partial charge in [-0.1, -0.05) is 57.6 Å². The molecule has 1 saturated carbocycles. The monoisotopic (exact) mass is 514 g/mol. The van der Waals surface area contributed by atoms with Gasteiger partial charge in [0, 0.05) is 10.6 Å². The molecule has 0 atom stereocenters. The molecule has 1 amide bonds. The maximum atomic E-state index is 12.3. The summed E-state index contributed by atoms with van der Waals surface area (Å²) in [6.45, 7) is 1.67. The van der Waals surface area contributed by atoms with Gasteiger partial charge in [0.1, 0.15) is 28.4 Å². The van der Waals surface area contributed by atoms with E-state index in [1.807, 2.05) is 0 Å². The van der Waals surface area contributed by atoms with Crippen LogP contribution in [0.5, 0.6) is 0 Å². The highest BCUT2D eigenvalue weighted by Crippen LogP contribution is 2.50. The third-order valence-electron chi connectivity index (χ3n) is 5.23. The van der Waals surface area contributed by atoms with Crippen molar-refractivity contribution in [1.29, 1.82) is 0 Å². The van der Waals surface area contributed by atoms with Gasteiger partial charge in [-0.2, -0.15) is 0 Å². The van der Waals surface area contributed by atoms with Gasteiger partial charge in [0.2, 0.25) is 5.76 Å². The maximum Gasteiger partial charge on any atom is 0.412 e. The van der Waals surface area contributed by atoms with Gasteiger partial charge < -0.3 is 14.4 Å². The average Bonchev–Trinajstić information content (AvgIpc) is 3.25. The number of thiazole rings is 2. The standard InChI is InChI=1S/C22H15ClN4O5S2/c1-11-16(25-21(30)31-10-12-4-2-3-5-13(12)23)14(32-27-11)6-7-15-24-17-18(33-15)26-19(34-17)22(8-9-22)20(28)29/h2-5H,8-10H2,1H3,(H,25,30)(H,28,29). The fraction of sp³-hybridized carbons (Fsp3) is 0.227. The van der Waals surface area contributed by atoms with Gasteiger partial charge in [-0.05, 0) is 37.7 Å². The van der Waals surface area contributed by atoms with Crippen molar-refractivity contribution >= 4 is 61.7 Å². The lowest BCUT2D eigenvalue weighted by atomic mass is 10.1. The SMILES string of the molecule is Cc1noc(C#Cc2nc3sc(C4(C(=O)O)CC4)nc3s2)c1NC(=O)OCc1ccccc1Cl. The number of carboxylic acid groups (broad SMARTS) is 1. The fourth-order valence-corrected chi connectivity index (χ4v) is 5.48. The van der Waals surface area contributed by atoms with Crippen LogP contribution in [0, 0.1) is 18.8 Å². The third kappa shape index (κ3) is 4.23. The first-order valence-electron chi connectivity index (χ1n) is 10.0. The number of hydrogen-bond acceptors (Lipinski definition) is 9. The first-order chi connectivity index (χ1) is 16.4.